The van der Waals surface area contributed by atoms with Crippen molar-refractivity contribution < 1.29 is 0 Å². The van der Waals surface area contributed by atoms with Gasteiger partial charge in [0.1, 0.15) is 11.5 Å². The Morgan fingerprint density at radius 1 is 0.960 bits per heavy atom. The van der Waals surface area contributed by atoms with Gasteiger partial charge in [-0.2, -0.15) is 0 Å². The largest absolute Gasteiger partial charge is 0.384 e. The lowest BCUT2D eigenvalue weighted by Gasteiger charge is -2.08. The van der Waals surface area contributed by atoms with E-state index >= 15 is 0 Å². The summed E-state index contributed by atoms with van der Waals surface area (Å²) in [5.41, 5.74) is 13.8. The van der Waals surface area contributed by atoms with Gasteiger partial charge in [0.25, 0.3) is 0 Å². The highest BCUT2D eigenvalue weighted by Gasteiger charge is 2.15. The van der Waals surface area contributed by atoms with E-state index < -0.39 is 0 Å². The van der Waals surface area contributed by atoms with Crippen molar-refractivity contribution in [2.24, 2.45) is 0 Å². The summed E-state index contributed by atoms with van der Waals surface area (Å²) < 4.78 is 0. The van der Waals surface area contributed by atoms with E-state index in [9.17, 15) is 0 Å². The fourth-order valence-electron chi connectivity index (χ4n) is 3.56. The van der Waals surface area contributed by atoms with E-state index in [2.05, 4.69) is 57.4 Å². The summed E-state index contributed by atoms with van der Waals surface area (Å²) in [4.78, 5) is 12.0. The third-order valence-electron chi connectivity index (χ3n) is 4.73. The monoisotopic (exact) mass is 324 g/mol. The van der Waals surface area contributed by atoms with Crippen molar-refractivity contribution >= 4 is 22.9 Å². The molecule has 0 fully saturated rings. The minimum absolute atomic E-state index is 0.510. The summed E-state index contributed by atoms with van der Waals surface area (Å²) in [5, 5.41) is 1.11. The number of nitrogens with one attached hydrogen (secondary N) is 1. The van der Waals surface area contributed by atoms with E-state index in [-0.39, 0.29) is 0 Å². The molecule has 3 heterocycles. The molecule has 1 aliphatic rings. The molecule has 0 saturated carbocycles. The fourth-order valence-corrected chi connectivity index (χ4v) is 3.56. The zero-order chi connectivity index (χ0) is 16.8. The molecule has 0 atom stereocenters. The molecule has 0 saturated heterocycles. The summed E-state index contributed by atoms with van der Waals surface area (Å²) in [6.07, 6.45) is 9.02. The van der Waals surface area contributed by atoms with Gasteiger partial charge >= 0.3 is 0 Å². The van der Waals surface area contributed by atoms with Crippen LogP contribution in [0.4, 0.5) is 5.82 Å². The maximum atomic E-state index is 5.82. The first kappa shape index (κ1) is 14.0. The average molecular weight is 324 g/mol. The van der Waals surface area contributed by atoms with E-state index in [0.29, 0.717) is 5.82 Å². The molecule has 0 bridgehead atoms. The molecule has 3 N–H and O–H groups in total. The molecule has 0 spiro atoms. The molecule has 0 aliphatic heterocycles. The van der Waals surface area contributed by atoms with Crippen LogP contribution in [0.3, 0.4) is 0 Å². The normalized spacial score (nSPS) is 12.6. The number of pyridine rings is 2. The molecule has 0 amide bonds. The highest BCUT2D eigenvalue weighted by Crippen LogP contribution is 2.36. The molecular weight excluding hydrogens is 308 g/mol. The second-order valence-electron chi connectivity index (χ2n) is 6.26. The van der Waals surface area contributed by atoms with Gasteiger partial charge in [-0.1, -0.05) is 30.4 Å². The lowest BCUT2D eigenvalue weighted by Crippen LogP contribution is -1.89. The number of nitrogens with zero attached hydrogens (tertiary/aromatic N) is 2. The zero-order valence-electron chi connectivity index (χ0n) is 13.5. The van der Waals surface area contributed by atoms with Crippen LogP contribution in [0.1, 0.15) is 11.1 Å². The van der Waals surface area contributed by atoms with Crippen molar-refractivity contribution in [2.75, 3.05) is 5.73 Å². The Kier molecular flexibility index (Phi) is 2.97. The number of nitrogens with two attached hydrogens (primary N) is 1. The quantitative estimate of drug-likeness (QED) is 0.572. The van der Waals surface area contributed by atoms with Gasteiger partial charge in [-0.3, -0.25) is 0 Å². The molecule has 4 aromatic rings. The Morgan fingerprint density at radius 2 is 1.88 bits per heavy atom. The SMILES string of the molecule is Nc1cc(-c2cc3c(-c4cccc5c4C=CC5)ccnc3[nH]2)ccn1. The third kappa shape index (κ3) is 2.22. The topological polar surface area (TPSA) is 67.6 Å². The summed E-state index contributed by atoms with van der Waals surface area (Å²) in [6.45, 7) is 0. The summed E-state index contributed by atoms with van der Waals surface area (Å²) in [5.74, 6) is 0.510. The molecule has 1 aromatic carbocycles. The summed E-state index contributed by atoms with van der Waals surface area (Å²) >= 11 is 0. The second kappa shape index (κ2) is 5.31. The molecule has 5 rings (SSSR count). The Bertz CT molecular complexity index is 1140. The highest BCUT2D eigenvalue weighted by atomic mass is 14.9. The molecular formula is C21H16N4. The number of fused-ring (bicyclic) bond motifs is 2. The van der Waals surface area contributed by atoms with Gasteiger partial charge in [0.2, 0.25) is 0 Å². The molecule has 0 unspecified atom stereocenters. The summed E-state index contributed by atoms with van der Waals surface area (Å²) in [6, 6.07) is 14.6. The van der Waals surface area contributed by atoms with Crippen LogP contribution in [0.15, 0.2) is 60.9 Å². The predicted octanol–water partition coefficient (Wildman–Crippen LogP) is 4.44. The first-order chi connectivity index (χ1) is 12.3. The lowest BCUT2D eigenvalue weighted by molar-refractivity contribution is 1.30. The number of hydrogen-bond donors (Lipinski definition) is 2. The average Bonchev–Trinajstić information content (AvgIpc) is 3.28. The van der Waals surface area contributed by atoms with Crippen LogP contribution in [-0.4, -0.2) is 15.0 Å². The van der Waals surface area contributed by atoms with Crippen LogP contribution in [-0.2, 0) is 6.42 Å². The Morgan fingerprint density at radius 3 is 2.80 bits per heavy atom. The van der Waals surface area contributed by atoms with Gasteiger partial charge < -0.3 is 10.7 Å². The summed E-state index contributed by atoms with van der Waals surface area (Å²) in [7, 11) is 0. The molecule has 120 valence electrons. The van der Waals surface area contributed by atoms with E-state index in [1.54, 1.807) is 6.20 Å². The fraction of sp³-hybridized carbons (Fsp3) is 0.0476. The molecule has 4 heteroatoms. The van der Waals surface area contributed by atoms with Crippen LogP contribution in [0.25, 0.3) is 39.5 Å². The number of nitrogen functional groups attached to an aromatic ring is 1. The van der Waals surface area contributed by atoms with Gasteiger partial charge in [-0.25, -0.2) is 9.97 Å². The van der Waals surface area contributed by atoms with Gasteiger partial charge in [0, 0.05) is 29.0 Å². The maximum absolute atomic E-state index is 5.82. The number of benzene rings is 1. The van der Waals surface area contributed by atoms with Crippen LogP contribution in [0.2, 0.25) is 0 Å². The van der Waals surface area contributed by atoms with E-state index in [4.69, 9.17) is 5.73 Å². The van der Waals surface area contributed by atoms with Crippen molar-refractivity contribution in [1.29, 1.82) is 0 Å². The number of allylic oxidation sites excluding steroid dienone is 1. The molecule has 3 aromatic heterocycles. The maximum Gasteiger partial charge on any atom is 0.138 e. The van der Waals surface area contributed by atoms with Gasteiger partial charge in [-0.05, 0) is 52.9 Å². The first-order valence-electron chi connectivity index (χ1n) is 8.28. The minimum atomic E-state index is 0.510. The molecule has 1 aliphatic carbocycles. The van der Waals surface area contributed by atoms with Gasteiger partial charge in [0.05, 0.1) is 0 Å². The second-order valence-corrected chi connectivity index (χ2v) is 6.26. The van der Waals surface area contributed by atoms with Crippen molar-refractivity contribution in [1.82, 2.24) is 15.0 Å². The first-order valence-corrected chi connectivity index (χ1v) is 8.28. The van der Waals surface area contributed by atoms with Crippen LogP contribution in [0.5, 0.6) is 0 Å². The number of H-pyrrole nitrogens is 1. The van der Waals surface area contributed by atoms with Gasteiger partial charge in [0.15, 0.2) is 0 Å². The van der Waals surface area contributed by atoms with Crippen molar-refractivity contribution in [2.45, 2.75) is 6.42 Å². The Labute approximate surface area is 145 Å². The van der Waals surface area contributed by atoms with Crippen LogP contribution in [0, 0.1) is 0 Å². The van der Waals surface area contributed by atoms with E-state index in [1.165, 1.54) is 22.3 Å². The lowest BCUT2D eigenvalue weighted by atomic mass is 9.96. The van der Waals surface area contributed by atoms with Crippen molar-refractivity contribution in [3.05, 3.63) is 72.1 Å². The third-order valence-corrected chi connectivity index (χ3v) is 4.73. The van der Waals surface area contributed by atoms with E-state index in [1.807, 2.05) is 18.3 Å². The molecule has 4 nitrogen and oxygen atoms in total. The Hall–Kier alpha value is -3.40. The van der Waals surface area contributed by atoms with Crippen LogP contribution < -0.4 is 5.73 Å². The number of hydrogen-bond acceptors (Lipinski definition) is 3. The minimum Gasteiger partial charge on any atom is -0.384 e. The number of aromatic nitrogens is 3. The van der Waals surface area contributed by atoms with Crippen molar-refractivity contribution in [3.8, 4) is 22.4 Å². The number of rotatable bonds is 2. The standard InChI is InChI=1S/C21H16N4/c22-20-11-14(7-9-23-20)19-12-18-17(8-10-24-21(18)25-19)16-6-2-4-13-3-1-5-15(13)16/h1-2,4-12H,3H2,(H2,22,23)(H,24,25). The Balaban J connectivity index is 1.73. The van der Waals surface area contributed by atoms with Gasteiger partial charge in [-0.15, -0.1) is 0 Å². The van der Waals surface area contributed by atoms with Crippen LogP contribution >= 0.6 is 0 Å². The smallest absolute Gasteiger partial charge is 0.138 e. The molecule has 25 heavy (non-hydrogen) atoms. The highest BCUT2D eigenvalue weighted by molar-refractivity contribution is 5.98. The predicted molar refractivity (Wildman–Crippen MR) is 102 cm³/mol. The van der Waals surface area contributed by atoms with E-state index in [0.717, 1.165) is 28.7 Å². The number of anilines is 1. The number of aromatic amines is 1. The zero-order valence-corrected chi connectivity index (χ0v) is 13.5. The van der Waals surface area contributed by atoms with Crippen molar-refractivity contribution in [3.63, 3.8) is 0 Å². The molecule has 0 radical (unpaired) electrons.